The first-order valence-electron chi connectivity index (χ1n) is 24.0. The molecule has 0 bridgehead atoms. The fraction of sp³-hybridized carbons (Fsp3) is 0.820. The minimum absolute atomic E-state index is 0.0949. The number of hydrogen-bond acceptors (Lipinski definition) is 6. The van der Waals surface area contributed by atoms with Gasteiger partial charge in [-0.15, -0.1) is 0 Å². The zero-order valence-corrected chi connectivity index (χ0v) is 37.2. The van der Waals surface area contributed by atoms with E-state index in [4.69, 9.17) is 14.2 Å². The molecule has 1 unspecified atom stereocenters. The van der Waals surface area contributed by atoms with Crippen molar-refractivity contribution in [3.63, 3.8) is 0 Å². The van der Waals surface area contributed by atoms with E-state index in [1.54, 1.807) is 6.08 Å². The second-order valence-electron chi connectivity index (χ2n) is 16.0. The molecule has 56 heavy (non-hydrogen) atoms. The Morgan fingerprint density at radius 2 is 0.696 bits per heavy atom. The van der Waals surface area contributed by atoms with Crippen LogP contribution in [0.25, 0.3) is 0 Å². The standard InChI is InChI=1S/C50H90O6/c1-4-7-10-13-16-19-21-23-24-25-26-27-29-31-34-37-40-43-49(52)55-46-47(45-54-48(51)42-39-36-33-30-18-15-12-9-6-3)56-50(53)44-41-38-35-32-28-22-20-17-14-11-8-5-2/h9,12,18,30,36,39,47H,4-8,10-11,13-17,19-29,31-35,37-38,40-46H2,1-3H3/b12-9-,30-18-,39-36-. The topological polar surface area (TPSA) is 78.9 Å². The predicted molar refractivity (Wildman–Crippen MR) is 238 cm³/mol. The van der Waals surface area contributed by atoms with E-state index < -0.39 is 12.1 Å². The molecule has 1 atom stereocenters. The summed E-state index contributed by atoms with van der Waals surface area (Å²) in [6, 6.07) is 0. The minimum Gasteiger partial charge on any atom is -0.462 e. The summed E-state index contributed by atoms with van der Waals surface area (Å²) in [7, 11) is 0. The molecule has 0 aliphatic carbocycles. The van der Waals surface area contributed by atoms with Gasteiger partial charge in [0, 0.05) is 12.8 Å². The van der Waals surface area contributed by atoms with Gasteiger partial charge in [0.1, 0.15) is 13.2 Å². The van der Waals surface area contributed by atoms with Crippen LogP contribution in [0.15, 0.2) is 36.5 Å². The molecule has 0 aromatic carbocycles. The van der Waals surface area contributed by atoms with E-state index in [-0.39, 0.29) is 31.6 Å². The second kappa shape index (κ2) is 45.3. The molecule has 0 saturated heterocycles. The molecule has 326 valence electrons. The van der Waals surface area contributed by atoms with Gasteiger partial charge >= 0.3 is 17.9 Å². The number of unbranched alkanes of at least 4 members (excludes halogenated alkanes) is 27. The minimum atomic E-state index is -0.800. The third-order valence-corrected chi connectivity index (χ3v) is 10.4. The third kappa shape index (κ3) is 42.8. The van der Waals surface area contributed by atoms with Gasteiger partial charge in [-0.25, -0.2) is 0 Å². The van der Waals surface area contributed by atoms with E-state index in [1.807, 2.05) is 6.08 Å². The van der Waals surface area contributed by atoms with Crippen LogP contribution >= 0.6 is 0 Å². The Balaban J connectivity index is 4.32. The number of carbonyl (C=O) groups excluding carboxylic acids is 3. The van der Waals surface area contributed by atoms with Crippen molar-refractivity contribution in [1.82, 2.24) is 0 Å². The smallest absolute Gasteiger partial charge is 0.309 e. The summed E-state index contributed by atoms with van der Waals surface area (Å²) in [4.78, 5) is 37.7. The molecule has 0 aliphatic heterocycles. The van der Waals surface area contributed by atoms with Gasteiger partial charge in [0.2, 0.25) is 0 Å². The Morgan fingerprint density at radius 3 is 1.09 bits per heavy atom. The van der Waals surface area contributed by atoms with Crippen molar-refractivity contribution in [2.75, 3.05) is 13.2 Å². The Morgan fingerprint density at radius 1 is 0.375 bits per heavy atom. The normalized spacial score (nSPS) is 12.3. The summed E-state index contributed by atoms with van der Waals surface area (Å²) in [5.74, 6) is -1.02. The first-order chi connectivity index (χ1) is 27.5. The molecule has 0 fully saturated rings. The fourth-order valence-corrected chi connectivity index (χ4v) is 6.86. The van der Waals surface area contributed by atoms with Gasteiger partial charge < -0.3 is 14.2 Å². The molecule has 0 amide bonds. The summed E-state index contributed by atoms with van der Waals surface area (Å²) in [5, 5.41) is 0. The quantitative estimate of drug-likeness (QED) is 0.0265. The first kappa shape index (κ1) is 53.6. The molecular formula is C50H90O6. The molecule has 0 saturated carbocycles. The van der Waals surface area contributed by atoms with Crippen LogP contribution in [-0.2, 0) is 28.6 Å². The molecule has 0 aliphatic rings. The highest BCUT2D eigenvalue weighted by atomic mass is 16.6. The molecule has 0 aromatic heterocycles. The molecule has 6 nitrogen and oxygen atoms in total. The summed E-state index contributed by atoms with van der Waals surface area (Å²) in [6.45, 7) is 6.43. The van der Waals surface area contributed by atoms with Crippen molar-refractivity contribution in [2.24, 2.45) is 0 Å². The van der Waals surface area contributed by atoms with Crippen LogP contribution in [0.5, 0.6) is 0 Å². The molecule has 0 heterocycles. The van der Waals surface area contributed by atoms with Gasteiger partial charge in [-0.05, 0) is 32.1 Å². The summed E-state index contributed by atoms with van der Waals surface area (Å²) in [5.41, 5.74) is 0. The lowest BCUT2D eigenvalue weighted by atomic mass is 10.0. The number of ether oxygens (including phenoxy) is 3. The van der Waals surface area contributed by atoms with Crippen molar-refractivity contribution >= 4 is 17.9 Å². The van der Waals surface area contributed by atoms with Gasteiger partial charge in [0.05, 0.1) is 6.42 Å². The van der Waals surface area contributed by atoms with Crippen LogP contribution in [0, 0.1) is 0 Å². The van der Waals surface area contributed by atoms with Gasteiger partial charge in [0.25, 0.3) is 0 Å². The average molecular weight is 787 g/mol. The van der Waals surface area contributed by atoms with E-state index in [2.05, 4.69) is 45.1 Å². The van der Waals surface area contributed by atoms with Gasteiger partial charge in [0.15, 0.2) is 6.10 Å². The van der Waals surface area contributed by atoms with Crippen LogP contribution < -0.4 is 0 Å². The number of carbonyl (C=O) groups is 3. The summed E-state index contributed by atoms with van der Waals surface area (Å²) < 4.78 is 16.6. The highest BCUT2D eigenvalue weighted by molar-refractivity contribution is 5.72. The van der Waals surface area contributed by atoms with Crippen LogP contribution in [-0.4, -0.2) is 37.2 Å². The van der Waals surface area contributed by atoms with Crippen LogP contribution in [0.3, 0.4) is 0 Å². The van der Waals surface area contributed by atoms with Crippen LogP contribution in [0.2, 0.25) is 0 Å². The monoisotopic (exact) mass is 787 g/mol. The van der Waals surface area contributed by atoms with Gasteiger partial charge in [-0.3, -0.25) is 14.4 Å². The number of allylic oxidation sites excluding steroid dienone is 5. The van der Waals surface area contributed by atoms with Crippen molar-refractivity contribution in [3.05, 3.63) is 36.5 Å². The van der Waals surface area contributed by atoms with Crippen LogP contribution in [0.1, 0.15) is 245 Å². The maximum absolute atomic E-state index is 12.7. The lowest BCUT2D eigenvalue weighted by Crippen LogP contribution is -2.30. The lowest BCUT2D eigenvalue weighted by Gasteiger charge is -2.18. The molecule has 0 N–H and O–H groups in total. The van der Waals surface area contributed by atoms with Crippen molar-refractivity contribution < 1.29 is 28.6 Å². The van der Waals surface area contributed by atoms with E-state index in [0.29, 0.717) is 12.8 Å². The Hall–Kier alpha value is -2.37. The first-order valence-corrected chi connectivity index (χ1v) is 24.0. The SMILES string of the molecule is CC/C=C\C/C=C\C/C=C\CC(=O)OCC(COC(=O)CCCCCCCCCCCCCCCCCCC)OC(=O)CCCCCCCCCCCCCC. The zero-order chi connectivity index (χ0) is 40.8. The van der Waals surface area contributed by atoms with E-state index in [0.717, 1.165) is 57.8 Å². The number of hydrogen-bond donors (Lipinski definition) is 0. The second-order valence-corrected chi connectivity index (χ2v) is 16.0. The van der Waals surface area contributed by atoms with Crippen LogP contribution in [0.4, 0.5) is 0 Å². The number of rotatable bonds is 43. The van der Waals surface area contributed by atoms with E-state index in [9.17, 15) is 14.4 Å². The predicted octanol–water partition coefficient (Wildman–Crippen LogP) is 15.4. The highest BCUT2D eigenvalue weighted by Gasteiger charge is 2.19. The molecule has 0 spiro atoms. The van der Waals surface area contributed by atoms with Crippen molar-refractivity contribution in [3.8, 4) is 0 Å². The van der Waals surface area contributed by atoms with Gasteiger partial charge in [-0.1, -0.05) is 231 Å². The summed E-state index contributed by atoms with van der Waals surface area (Å²) in [6.07, 6.45) is 51.7. The van der Waals surface area contributed by atoms with Crippen molar-refractivity contribution in [2.45, 2.75) is 252 Å². The highest BCUT2D eigenvalue weighted by Crippen LogP contribution is 2.16. The number of esters is 3. The average Bonchev–Trinajstić information content (AvgIpc) is 3.19. The maximum Gasteiger partial charge on any atom is 0.309 e. The van der Waals surface area contributed by atoms with E-state index in [1.165, 1.54) is 148 Å². The third-order valence-electron chi connectivity index (χ3n) is 10.4. The van der Waals surface area contributed by atoms with Gasteiger partial charge in [-0.2, -0.15) is 0 Å². The lowest BCUT2D eigenvalue weighted by molar-refractivity contribution is -0.166. The summed E-state index contributed by atoms with van der Waals surface area (Å²) >= 11 is 0. The Labute approximate surface area is 346 Å². The largest absolute Gasteiger partial charge is 0.462 e. The maximum atomic E-state index is 12.7. The zero-order valence-electron chi connectivity index (χ0n) is 37.2. The Kier molecular flexibility index (Phi) is 43.4. The van der Waals surface area contributed by atoms with E-state index >= 15 is 0 Å². The molecule has 6 heteroatoms. The van der Waals surface area contributed by atoms with Crippen molar-refractivity contribution in [1.29, 1.82) is 0 Å². The Bertz CT molecular complexity index is 953. The molecular weight excluding hydrogens is 697 g/mol. The molecule has 0 rings (SSSR count). The molecule has 0 radical (unpaired) electrons. The molecule has 0 aromatic rings. The fourth-order valence-electron chi connectivity index (χ4n) is 6.86.